The molecule has 3 N–H and O–H groups in total. The molecule has 4 heteroatoms. The molecule has 0 spiro atoms. The van der Waals surface area contributed by atoms with E-state index in [4.69, 9.17) is 5.11 Å². The third kappa shape index (κ3) is 7.43. The molecule has 2 atom stereocenters. The molecule has 1 aromatic rings. The number of hydrogen-bond donors (Lipinski definition) is 3. The number of benzene rings is 1. The Morgan fingerprint density at radius 2 is 1.85 bits per heavy atom. The van der Waals surface area contributed by atoms with Crippen LogP contribution in [0.4, 0.5) is 0 Å². The van der Waals surface area contributed by atoms with Crippen LogP contribution in [0.5, 0.6) is 0 Å². The van der Waals surface area contributed by atoms with Gasteiger partial charge in [0.05, 0.1) is 6.10 Å². The lowest BCUT2D eigenvalue weighted by Crippen LogP contribution is -2.16. The summed E-state index contributed by atoms with van der Waals surface area (Å²) in [6.07, 6.45) is 12.7. The molecule has 2 rings (SSSR count). The van der Waals surface area contributed by atoms with Crippen molar-refractivity contribution in [3.05, 3.63) is 71.5 Å². The Morgan fingerprint density at radius 3 is 2.59 bits per heavy atom. The molecule has 27 heavy (non-hydrogen) atoms. The van der Waals surface area contributed by atoms with Crippen LogP contribution in [0, 0.1) is 5.92 Å². The summed E-state index contributed by atoms with van der Waals surface area (Å²) in [7, 11) is 0. The molecule has 0 bridgehead atoms. The van der Waals surface area contributed by atoms with Gasteiger partial charge in [-0.1, -0.05) is 48.6 Å². The summed E-state index contributed by atoms with van der Waals surface area (Å²) >= 11 is 0. The maximum absolute atomic E-state index is 10.5. The first kappa shape index (κ1) is 21.0. The Morgan fingerprint density at radius 1 is 1.07 bits per heavy atom. The highest BCUT2D eigenvalue weighted by atomic mass is 16.4. The van der Waals surface area contributed by atoms with Gasteiger partial charge in [-0.2, -0.15) is 0 Å². The van der Waals surface area contributed by atoms with Crippen molar-refractivity contribution in [2.45, 2.75) is 57.5 Å². The van der Waals surface area contributed by atoms with Gasteiger partial charge in [-0.05, 0) is 62.2 Å². The number of aryl methyl sites for hydroxylation is 1. The Bertz CT molecular complexity index is 673. The van der Waals surface area contributed by atoms with Crippen LogP contribution in [0.2, 0.25) is 0 Å². The molecule has 0 saturated heterocycles. The standard InChI is InChI=1S/C23H30O4/c24-21(14-9-8-12-18-10-4-3-5-11-18)20-16-17-22(25)19(20)13-6-1-2-7-15-23(26)27/h1,3-6,10-11,14,16,19,22,24-25H,2,7-9,12-13,15,17H2,(H,26,27)/b6-1-,21-14+. The Labute approximate surface area is 161 Å². The van der Waals surface area contributed by atoms with Gasteiger partial charge in [-0.15, -0.1) is 0 Å². The van der Waals surface area contributed by atoms with E-state index >= 15 is 0 Å². The van der Waals surface area contributed by atoms with Gasteiger partial charge in [-0.3, -0.25) is 4.79 Å². The van der Waals surface area contributed by atoms with E-state index in [1.807, 2.05) is 42.5 Å². The van der Waals surface area contributed by atoms with Crippen molar-refractivity contribution in [1.29, 1.82) is 0 Å². The number of aliphatic carboxylic acids is 1. The predicted octanol–water partition coefficient (Wildman–Crippen LogP) is 4.96. The fourth-order valence-corrected chi connectivity index (χ4v) is 3.39. The molecule has 1 aliphatic rings. The highest BCUT2D eigenvalue weighted by Crippen LogP contribution is 2.33. The molecule has 0 heterocycles. The first-order valence-corrected chi connectivity index (χ1v) is 9.76. The molecule has 1 aliphatic carbocycles. The number of carbonyl (C=O) groups is 1. The van der Waals surface area contributed by atoms with Crippen molar-refractivity contribution in [1.82, 2.24) is 0 Å². The molecule has 4 nitrogen and oxygen atoms in total. The lowest BCUT2D eigenvalue weighted by molar-refractivity contribution is -0.137. The molecular weight excluding hydrogens is 340 g/mol. The quantitative estimate of drug-likeness (QED) is 0.292. The molecule has 0 fully saturated rings. The summed E-state index contributed by atoms with van der Waals surface area (Å²) in [5.41, 5.74) is 2.13. The minimum absolute atomic E-state index is 0.0916. The van der Waals surface area contributed by atoms with Gasteiger partial charge >= 0.3 is 5.97 Å². The number of rotatable bonds is 11. The monoisotopic (exact) mass is 370 g/mol. The summed E-state index contributed by atoms with van der Waals surface area (Å²) in [6.45, 7) is 0. The number of carboxylic acids is 1. The van der Waals surface area contributed by atoms with Gasteiger partial charge in [0.2, 0.25) is 0 Å². The van der Waals surface area contributed by atoms with E-state index in [9.17, 15) is 15.0 Å². The Balaban J connectivity index is 1.78. The Kier molecular flexibility index (Phi) is 8.85. The molecule has 0 aliphatic heterocycles. The van der Waals surface area contributed by atoms with E-state index in [1.54, 1.807) is 0 Å². The minimum Gasteiger partial charge on any atom is -0.508 e. The van der Waals surface area contributed by atoms with Crippen LogP contribution in [0.1, 0.15) is 50.5 Å². The fourth-order valence-electron chi connectivity index (χ4n) is 3.39. The SMILES string of the molecule is O=C(O)CCC/C=C\CC1C(/C(O)=C\CCCc2ccccc2)=CCC1O. The van der Waals surface area contributed by atoms with Crippen molar-refractivity contribution in [3.63, 3.8) is 0 Å². The molecule has 0 radical (unpaired) electrons. The zero-order chi connectivity index (χ0) is 19.5. The summed E-state index contributed by atoms with van der Waals surface area (Å²) in [6, 6.07) is 10.3. The summed E-state index contributed by atoms with van der Waals surface area (Å²) in [4.78, 5) is 10.5. The zero-order valence-corrected chi connectivity index (χ0v) is 15.8. The van der Waals surface area contributed by atoms with Crippen LogP contribution in [-0.2, 0) is 11.2 Å². The average molecular weight is 370 g/mol. The molecular formula is C23H30O4. The fraction of sp³-hybridized carbons (Fsp3) is 0.435. The molecule has 1 aromatic carbocycles. The highest BCUT2D eigenvalue weighted by molar-refractivity contribution is 5.66. The van der Waals surface area contributed by atoms with Gasteiger partial charge in [0.15, 0.2) is 0 Å². The van der Waals surface area contributed by atoms with E-state index in [0.29, 0.717) is 19.3 Å². The number of carboxylic acid groups (broad SMARTS) is 1. The smallest absolute Gasteiger partial charge is 0.303 e. The number of aliphatic hydroxyl groups excluding tert-OH is 2. The van der Waals surface area contributed by atoms with Gasteiger partial charge in [0.1, 0.15) is 5.76 Å². The molecule has 0 saturated carbocycles. The second-order valence-corrected chi connectivity index (χ2v) is 7.03. The van der Waals surface area contributed by atoms with Gasteiger partial charge in [-0.25, -0.2) is 0 Å². The van der Waals surface area contributed by atoms with E-state index in [1.165, 1.54) is 5.56 Å². The predicted molar refractivity (Wildman–Crippen MR) is 108 cm³/mol. The topological polar surface area (TPSA) is 77.8 Å². The number of aliphatic hydroxyl groups is 2. The number of allylic oxidation sites excluding steroid dienone is 4. The maximum Gasteiger partial charge on any atom is 0.303 e. The van der Waals surface area contributed by atoms with Crippen molar-refractivity contribution in [3.8, 4) is 0 Å². The second kappa shape index (κ2) is 11.4. The van der Waals surface area contributed by atoms with Crippen LogP contribution in [0.25, 0.3) is 0 Å². The van der Waals surface area contributed by atoms with E-state index in [-0.39, 0.29) is 18.1 Å². The highest BCUT2D eigenvalue weighted by Gasteiger charge is 2.28. The molecule has 2 unspecified atom stereocenters. The number of hydrogen-bond acceptors (Lipinski definition) is 3. The number of unbranched alkanes of at least 4 members (excludes halogenated alkanes) is 2. The lowest BCUT2D eigenvalue weighted by Gasteiger charge is -2.17. The molecule has 0 amide bonds. The minimum atomic E-state index is -0.776. The third-order valence-electron chi connectivity index (χ3n) is 4.91. The average Bonchev–Trinajstić information content (AvgIpc) is 3.03. The maximum atomic E-state index is 10.5. The van der Waals surface area contributed by atoms with Crippen molar-refractivity contribution < 1.29 is 20.1 Å². The third-order valence-corrected chi connectivity index (χ3v) is 4.91. The van der Waals surface area contributed by atoms with Crippen LogP contribution < -0.4 is 0 Å². The molecule has 146 valence electrons. The Hall–Kier alpha value is -2.33. The zero-order valence-electron chi connectivity index (χ0n) is 15.8. The summed E-state index contributed by atoms with van der Waals surface area (Å²) in [5.74, 6) is -0.586. The van der Waals surface area contributed by atoms with Crippen LogP contribution in [0.15, 0.2) is 66.0 Å². The normalized spacial score (nSPS) is 20.2. The van der Waals surface area contributed by atoms with Crippen molar-refractivity contribution >= 4 is 5.97 Å². The first-order valence-electron chi connectivity index (χ1n) is 9.76. The van der Waals surface area contributed by atoms with Crippen molar-refractivity contribution in [2.75, 3.05) is 0 Å². The largest absolute Gasteiger partial charge is 0.508 e. The lowest BCUT2D eigenvalue weighted by atomic mass is 9.93. The summed E-state index contributed by atoms with van der Waals surface area (Å²) < 4.78 is 0. The van der Waals surface area contributed by atoms with Crippen LogP contribution in [-0.4, -0.2) is 27.4 Å². The second-order valence-electron chi connectivity index (χ2n) is 7.03. The van der Waals surface area contributed by atoms with E-state index in [2.05, 4.69) is 12.1 Å². The first-order chi connectivity index (χ1) is 13.1. The van der Waals surface area contributed by atoms with Crippen molar-refractivity contribution in [2.24, 2.45) is 5.92 Å². The van der Waals surface area contributed by atoms with Gasteiger partial charge in [0.25, 0.3) is 0 Å². The summed E-state index contributed by atoms with van der Waals surface area (Å²) in [5, 5.41) is 29.3. The van der Waals surface area contributed by atoms with Crippen LogP contribution >= 0.6 is 0 Å². The van der Waals surface area contributed by atoms with E-state index in [0.717, 1.165) is 31.3 Å². The van der Waals surface area contributed by atoms with Crippen LogP contribution in [0.3, 0.4) is 0 Å². The molecule has 0 aromatic heterocycles. The van der Waals surface area contributed by atoms with Gasteiger partial charge in [0, 0.05) is 12.3 Å². The van der Waals surface area contributed by atoms with Gasteiger partial charge < -0.3 is 15.3 Å². The van der Waals surface area contributed by atoms with E-state index < -0.39 is 12.1 Å².